The Kier molecular flexibility index (Phi) is 5.25. The van der Waals surface area contributed by atoms with Gasteiger partial charge < -0.3 is 0 Å². The van der Waals surface area contributed by atoms with Crippen LogP contribution in [-0.2, 0) is 0 Å². The molecule has 2 aromatic heterocycles. The Morgan fingerprint density at radius 3 is 2.46 bits per heavy atom. The molecule has 0 aliphatic carbocycles. The Balaban J connectivity index is 1.88. The summed E-state index contributed by atoms with van der Waals surface area (Å²) in [5.41, 5.74) is 6.54. The van der Waals surface area contributed by atoms with Gasteiger partial charge in [-0.05, 0) is 51.5 Å². The molecule has 0 aliphatic rings. The van der Waals surface area contributed by atoms with E-state index in [1.54, 1.807) is 22.9 Å². The lowest BCUT2D eigenvalue weighted by Gasteiger charge is -2.08. The van der Waals surface area contributed by atoms with Crippen LogP contribution in [0.25, 0.3) is 5.82 Å². The first-order valence-corrected chi connectivity index (χ1v) is 8.74. The van der Waals surface area contributed by atoms with Gasteiger partial charge in [0.25, 0.3) is 0 Å². The molecule has 0 saturated carbocycles. The highest BCUT2D eigenvalue weighted by atomic mass is 35.5. The van der Waals surface area contributed by atoms with Crippen molar-refractivity contribution in [1.29, 1.82) is 0 Å². The van der Waals surface area contributed by atoms with Crippen LogP contribution in [0, 0.1) is 20.8 Å². The zero-order chi connectivity index (χ0) is 18.8. The quantitative estimate of drug-likeness (QED) is 0.517. The van der Waals surface area contributed by atoms with Gasteiger partial charge in [0.2, 0.25) is 0 Å². The zero-order valence-electron chi connectivity index (χ0n) is 14.9. The Labute approximate surface area is 161 Å². The number of hydrazone groups is 1. The molecule has 0 fully saturated rings. The van der Waals surface area contributed by atoms with Crippen molar-refractivity contribution in [1.82, 2.24) is 19.7 Å². The van der Waals surface area contributed by atoms with E-state index in [0.29, 0.717) is 27.5 Å². The van der Waals surface area contributed by atoms with E-state index in [2.05, 4.69) is 25.6 Å². The molecule has 0 spiro atoms. The predicted molar refractivity (Wildman–Crippen MR) is 106 cm³/mol. The first-order valence-electron chi connectivity index (χ1n) is 7.98. The molecular weight excluding hydrogens is 371 g/mol. The minimum absolute atomic E-state index is 0.489. The van der Waals surface area contributed by atoms with Gasteiger partial charge in [0.1, 0.15) is 5.82 Å². The molecule has 26 heavy (non-hydrogen) atoms. The highest BCUT2D eigenvalue weighted by Gasteiger charge is 2.08. The van der Waals surface area contributed by atoms with Gasteiger partial charge in [-0.1, -0.05) is 29.3 Å². The maximum Gasteiger partial charge on any atom is 0.159 e. The fourth-order valence-electron chi connectivity index (χ4n) is 2.51. The fraction of sp³-hybridized carbons (Fsp3) is 0.222. The average Bonchev–Trinajstić information content (AvgIpc) is 2.93. The largest absolute Gasteiger partial charge is 0.261 e. The number of hydrogen-bond donors (Lipinski definition) is 1. The SMILES string of the molecule is CC(=NNc1cc(-n2nc(C)cc2C)nc(C)n1)c1ccc(Cl)c(Cl)c1. The number of aromatic nitrogens is 4. The molecule has 1 N–H and O–H groups in total. The van der Waals surface area contributed by atoms with Gasteiger partial charge in [-0.25, -0.2) is 14.6 Å². The Morgan fingerprint density at radius 2 is 1.81 bits per heavy atom. The lowest BCUT2D eigenvalue weighted by molar-refractivity contribution is 0.793. The van der Waals surface area contributed by atoms with Crippen molar-refractivity contribution in [3.63, 3.8) is 0 Å². The van der Waals surface area contributed by atoms with Gasteiger partial charge in [-0.2, -0.15) is 10.2 Å². The first kappa shape index (κ1) is 18.4. The van der Waals surface area contributed by atoms with E-state index in [0.717, 1.165) is 22.7 Å². The van der Waals surface area contributed by atoms with Gasteiger partial charge in [-0.15, -0.1) is 0 Å². The second-order valence-electron chi connectivity index (χ2n) is 5.94. The second kappa shape index (κ2) is 7.43. The molecule has 134 valence electrons. The van der Waals surface area contributed by atoms with E-state index in [9.17, 15) is 0 Å². The number of nitrogens with one attached hydrogen (secondary N) is 1. The van der Waals surface area contributed by atoms with Crippen LogP contribution in [0.1, 0.15) is 29.7 Å². The molecular formula is C18H18Cl2N6. The molecule has 8 heteroatoms. The number of anilines is 1. The third kappa shape index (κ3) is 4.03. The van der Waals surface area contributed by atoms with E-state index in [1.165, 1.54) is 0 Å². The third-order valence-corrected chi connectivity index (χ3v) is 4.47. The molecule has 3 aromatic rings. The summed E-state index contributed by atoms with van der Waals surface area (Å²) in [5, 5.41) is 9.84. The normalized spacial score (nSPS) is 11.7. The summed E-state index contributed by atoms with van der Waals surface area (Å²) in [6, 6.07) is 9.18. The number of hydrogen-bond acceptors (Lipinski definition) is 5. The fourth-order valence-corrected chi connectivity index (χ4v) is 2.80. The van der Waals surface area contributed by atoms with Crippen LogP contribution >= 0.6 is 23.2 Å². The summed E-state index contributed by atoms with van der Waals surface area (Å²) in [5.74, 6) is 1.90. The van der Waals surface area contributed by atoms with Crippen molar-refractivity contribution >= 4 is 34.7 Å². The number of rotatable bonds is 4. The van der Waals surface area contributed by atoms with Crippen molar-refractivity contribution in [3.8, 4) is 5.82 Å². The van der Waals surface area contributed by atoms with Gasteiger partial charge in [0, 0.05) is 11.8 Å². The monoisotopic (exact) mass is 388 g/mol. The molecule has 0 radical (unpaired) electrons. The maximum atomic E-state index is 6.06. The minimum Gasteiger partial charge on any atom is -0.261 e. The van der Waals surface area contributed by atoms with E-state index in [-0.39, 0.29) is 0 Å². The molecule has 0 unspecified atom stereocenters. The van der Waals surface area contributed by atoms with Crippen molar-refractivity contribution in [2.75, 3.05) is 5.43 Å². The number of benzene rings is 1. The van der Waals surface area contributed by atoms with Gasteiger partial charge in [-0.3, -0.25) is 5.43 Å². The smallest absolute Gasteiger partial charge is 0.159 e. The minimum atomic E-state index is 0.489. The van der Waals surface area contributed by atoms with Crippen LogP contribution in [0.15, 0.2) is 35.4 Å². The summed E-state index contributed by atoms with van der Waals surface area (Å²) in [6.07, 6.45) is 0. The van der Waals surface area contributed by atoms with Crippen molar-refractivity contribution in [2.24, 2.45) is 5.10 Å². The lowest BCUT2D eigenvalue weighted by Crippen LogP contribution is -2.07. The van der Waals surface area contributed by atoms with Crippen molar-refractivity contribution in [3.05, 3.63) is 63.2 Å². The molecule has 2 heterocycles. The summed E-state index contributed by atoms with van der Waals surface area (Å²) < 4.78 is 1.78. The van der Waals surface area contributed by atoms with Crippen LogP contribution in [0.2, 0.25) is 10.0 Å². The second-order valence-corrected chi connectivity index (χ2v) is 6.75. The third-order valence-electron chi connectivity index (χ3n) is 3.73. The van der Waals surface area contributed by atoms with Crippen molar-refractivity contribution in [2.45, 2.75) is 27.7 Å². The Morgan fingerprint density at radius 1 is 1.04 bits per heavy atom. The van der Waals surface area contributed by atoms with Gasteiger partial charge >= 0.3 is 0 Å². The molecule has 0 saturated heterocycles. The molecule has 6 nitrogen and oxygen atoms in total. The Bertz CT molecular complexity index is 993. The van der Waals surface area contributed by atoms with E-state index in [1.807, 2.05) is 39.8 Å². The highest BCUT2D eigenvalue weighted by molar-refractivity contribution is 6.42. The summed E-state index contributed by atoms with van der Waals surface area (Å²) in [7, 11) is 0. The molecule has 0 amide bonds. The first-order chi connectivity index (χ1) is 12.3. The van der Waals surface area contributed by atoms with E-state index < -0.39 is 0 Å². The number of aryl methyl sites for hydroxylation is 3. The molecule has 1 aromatic carbocycles. The highest BCUT2D eigenvalue weighted by Crippen LogP contribution is 2.23. The van der Waals surface area contributed by atoms with Crippen LogP contribution < -0.4 is 5.43 Å². The standard InChI is InChI=1S/C18H18Cl2N6/c1-10-7-11(2)26(25-10)18-9-17(21-13(4)22-18)24-23-12(3)14-5-6-15(19)16(20)8-14/h5-9H,1-4H3,(H,21,22,24). The molecule has 0 atom stereocenters. The van der Waals surface area contributed by atoms with Gasteiger partial charge in [0.05, 0.1) is 21.5 Å². The van der Waals surface area contributed by atoms with Crippen LogP contribution in [0.4, 0.5) is 5.82 Å². The topological polar surface area (TPSA) is 68.0 Å². The zero-order valence-corrected chi connectivity index (χ0v) is 16.4. The summed E-state index contributed by atoms with van der Waals surface area (Å²) in [4.78, 5) is 8.83. The van der Waals surface area contributed by atoms with Crippen LogP contribution in [0.3, 0.4) is 0 Å². The molecule has 0 aliphatic heterocycles. The predicted octanol–water partition coefficient (Wildman–Crippen LogP) is 4.73. The van der Waals surface area contributed by atoms with E-state index >= 15 is 0 Å². The molecule has 3 rings (SSSR count). The average molecular weight is 389 g/mol. The van der Waals surface area contributed by atoms with E-state index in [4.69, 9.17) is 23.2 Å². The van der Waals surface area contributed by atoms with Gasteiger partial charge in [0.15, 0.2) is 11.6 Å². The molecule has 0 bridgehead atoms. The lowest BCUT2D eigenvalue weighted by atomic mass is 10.1. The number of nitrogens with zero attached hydrogens (tertiary/aromatic N) is 5. The van der Waals surface area contributed by atoms with Crippen molar-refractivity contribution < 1.29 is 0 Å². The maximum absolute atomic E-state index is 6.06. The van der Waals surface area contributed by atoms with Crippen LogP contribution in [0.5, 0.6) is 0 Å². The summed E-state index contributed by atoms with van der Waals surface area (Å²) in [6.45, 7) is 7.64. The number of halogens is 2. The summed E-state index contributed by atoms with van der Waals surface area (Å²) >= 11 is 12.0. The Hall–Kier alpha value is -2.44. The van der Waals surface area contributed by atoms with Crippen LogP contribution in [-0.4, -0.2) is 25.5 Å².